The van der Waals surface area contributed by atoms with E-state index in [2.05, 4.69) is 20.3 Å². The lowest BCUT2D eigenvalue weighted by Gasteiger charge is -2.13. The van der Waals surface area contributed by atoms with Crippen LogP contribution >= 0.6 is 0 Å². The minimum atomic E-state index is 0.661. The van der Waals surface area contributed by atoms with Gasteiger partial charge in [-0.1, -0.05) is 18.1 Å². The quantitative estimate of drug-likeness (QED) is 0.843. The zero-order valence-corrected chi connectivity index (χ0v) is 9.95. The SMILES string of the molecule is CNCc1nnn(C2CC2)c1C1CCCC1. The van der Waals surface area contributed by atoms with Crippen LogP contribution in [0.1, 0.15) is 61.9 Å². The van der Waals surface area contributed by atoms with Crippen LogP contribution in [0.3, 0.4) is 0 Å². The van der Waals surface area contributed by atoms with E-state index in [0.717, 1.165) is 12.5 Å². The highest BCUT2D eigenvalue weighted by Gasteiger charge is 2.32. The van der Waals surface area contributed by atoms with Gasteiger partial charge in [0, 0.05) is 12.5 Å². The fraction of sp³-hybridized carbons (Fsp3) is 0.833. The molecule has 2 saturated carbocycles. The van der Waals surface area contributed by atoms with Gasteiger partial charge in [0.05, 0.1) is 17.4 Å². The Hall–Kier alpha value is -0.900. The lowest BCUT2D eigenvalue weighted by molar-refractivity contribution is 0.543. The molecule has 2 fully saturated rings. The van der Waals surface area contributed by atoms with Crippen LogP contribution in [0.2, 0.25) is 0 Å². The molecule has 0 unspecified atom stereocenters. The van der Waals surface area contributed by atoms with E-state index >= 15 is 0 Å². The molecule has 0 atom stereocenters. The molecule has 0 aromatic carbocycles. The van der Waals surface area contributed by atoms with E-state index in [1.54, 1.807) is 0 Å². The van der Waals surface area contributed by atoms with Crippen LogP contribution in [0.25, 0.3) is 0 Å². The van der Waals surface area contributed by atoms with Gasteiger partial charge in [-0.15, -0.1) is 5.10 Å². The van der Waals surface area contributed by atoms with E-state index in [9.17, 15) is 0 Å². The molecule has 0 bridgehead atoms. The van der Waals surface area contributed by atoms with Crippen molar-refractivity contribution in [1.82, 2.24) is 20.3 Å². The molecule has 4 nitrogen and oxygen atoms in total. The number of hydrogen-bond acceptors (Lipinski definition) is 3. The second-order valence-electron chi connectivity index (χ2n) is 5.11. The van der Waals surface area contributed by atoms with Gasteiger partial charge in [-0.05, 0) is 32.7 Å². The van der Waals surface area contributed by atoms with Gasteiger partial charge >= 0.3 is 0 Å². The first-order valence-corrected chi connectivity index (χ1v) is 6.48. The predicted molar refractivity (Wildman–Crippen MR) is 62.3 cm³/mol. The minimum Gasteiger partial charge on any atom is -0.314 e. The van der Waals surface area contributed by atoms with Gasteiger partial charge in [0.25, 0.3) is 0 Å². The molecular weight excluding hydrogens is 200 g/mol. The van der Waals surface area contributed by atoms with Crippen molar-refractivity contribution in [3.63, 3.8) is 0 Å². The van der Waals surface area contributed by atoms with E-state index in [1.807, 2.05) is 7.05 Å². The van der Waals surface area contributed by atoms with Crippen molar-refractivity contribution in [2.45, 2.75) is 57.0 Å². The molecule has 1 N–H and O–H groups in total. The molecule has 4 heteroatoms. The molecule has 0 amide bonds. The van der Waals surface area contributed by atoms with Gasteiger partial charge in [-0.3, -0.25) is 0 Å². The molecule has 1 aromatic rings. The van der Waals surface area contributed by atoms with Crippen molar-refractivity contribution in [1.29, 1.82) is 0 Å². The van der Waals surface area contributed by atoms with Gasteiger partial charge in [-0.25, -0.2) is 4.68 Å². The first-order valence-electron chi connectivity index (χ1n) is 6.48. The number of rotatable bonds is 4. The van der Waals surface area contributed by atoms with E-state index in [0.29, 0.717) is 6.04 Å². The van der Waals surface area contributed by atoms with Crippen LogP contribution in [0, 0.1) is 0 Å². The molecule has 0 spiro atoms. The summed E-state index contributed by atoms with van der Waals surface area (Å²) in [5.41, 5.74) is 2.62. The highest BCUT2D eigenvalue weighted by atomic mass is 15.5. The van der Waals surface area contributed by atoms with Crippen LogP contribution in [-0.4, -0.2) is 22.0 Å². The largest absolute Gasteiger partial charge is 0.314 e. The standard InChI is InChI=1S/C12H20N4/c1-13-8-11-12(9-4-2-3-5-9)16(15-14-11)10-6-7-10/h9-10,13H,2-8H2,1H3. The van der Waals surface area contributed by atoms with Crippen molar-refractivity contribution < 1.29 is 0 Å². The predicted octanol–water partition coefficient (Wildman–Crippen LogP) is 1.99. The summed E-state index contributed by atoms with van der Waals surface area (Å²) in [7, 11) is 1.98. The van der Waals surface area contributed by atoms with E-state index in [4.69, 9.17) is 0 Å². The third-order valence-corrected chi connectivity index (χ3v) is 3.78. The van der Waals surface area contributed by atoms with Crippen LogP contribution in [-0.2, 0) is 6.54 Å². The van der Waals surface area contributed by atoms with Crippen LogP contribution in [0.4, 0.5) is 0 Å². The third kappa shape index (κ3) is 1.75. The molecule has 1 heterocycles. The molecule has 0 saturated heterocycles. The summed E-state index contributed by atoms with van der Waals surface area (Å²) in [6.07, 6.45) is 8.00. The summed E-state index contributed by atoms with van der Waals surface area (Å²) in [5, 5.41) is 11.9. The Labute approximate surface area is 96.4 Å². The fourth-order valence-electron chi connectivity index (χ4n) is 2.84. The molecule has 2 aliphatic carbocycles. The van der Waals surface area contributed by atoms with Crippen LogP contribution in [0.5, 0.6) is 0 Å². The maximum atomic E-state index is 4.37. The smallest absolute Gasteiger partial charge is 0.0999 e. The average molecular weight is 220 g/mol. The van der Waals surface area contributed by atoms with E-state index in [1.165, 1.54) is 49.9 Å². The summed E-state index contributed by atoms with van der Waals surface area (Å²) in [6.45, 7) is 0.860. The zero-order valence-electron chi connectivity index (χ0n) is 9.95. The maximum absolute atomic E-state index is 4.37. The maximum Gasteiger partial charge on any atom is 0.0999 e. The van der Waals surface area contributed by atoms with Gasteiger partial charge < -0.3 is 5.32 Å². The molecule has 2 aliphatic rings. The Kier molecular flexibility index (Phi) is 2.67. The molecule has 0 aliphatic heterocycles. The Morgan fingerprint density at radius 2 is 2.00 bits per heavy atom. The summed E-state index contributed by atoms with van der Waals surface area (Å²) >= 11 is 0. The summed E-state index contributed by atoms with van der Waals surface area (Å²) in [5.74, 6) is 0.721. The molecule has 3 rings (SSSR count). The van der Waals surface area contributed by atoms with Crippen molar-refractivity contribution in [2.24, 2.45) is 0 Å². The topological polar surface area (TPSA) is 42.7 Å². The van der Waals surface area contributed by atoms with Crippen molar-refractivity contribution >= 4 is 0 Å². The summed E-state index contributed by atoms with van der Waals surface area (Å²) in [4.78, 5) is 0. The van der Waals surface area contributed by atoms with Gasteiger partial charge in [-0.2, -0.15) is 0 Å². The Morgan fingerprint density at radius 3 is 2.62 bits per heavy atom. The Balaban J connectivity index is 1.92. The first-order chi connectivity index (χ1) is 7.90. The van der Waals surface area contributed by atoms with Gasteiger partial charge in [0.2, 0.25) is 0 Å². The monoisotopic (exact) mass is 220 g/mol. The highest BCUT2D eigenvalue weighted by molar-refractivity contribution is 5.18. The number of nitrogens with one attached hydrogen (secondary N) is 1. The number of aromatic nitrogens is 3. The lowest BCUT2D eigenvalue weighted by atomic mass is 10.0. The van der Waals surface area contributed by atoms with Crippen molar-refractivity contribution in [3.05, 3.63) is 11.4 Å². The summed E-state index contributed by atoms with van der Waals surface area (Å²) < 4.78 is 2.22. The Morgan fingerprint density at radius 1 is 1.25 bits per heavy atom. The first kappa shape index (κ1) is 10.3. The van der Waals surface area contributed by atoms with Gasteiger partial charge in [0.1, 0.15) is 0 Å². The molecule has 0 radical (unpaired) electrons. The fourth-order valence-corrected chi connectivity index (χ4v) is 2.84. The Bertz CT molecular complexity index is 361. The highest BCUT2D eigenvalue weighted by Crippen LogP contribution is 2.41. The second-order valence-corrected chi connectivity index (χ2v) is 5.11. The number of hydrogen-bond donors (Lipinski definition) is 1. The molecule has 88 valence electrons. The van der Waals surface area contributed by atoms with E-state index in [-0.39, 0.29) is 0 Å². The lowest BCUT2D eigenvalue weighted by Crippen LogP contribution is -2.12. The van der Waals surface area contributed by atoms with Crippen LogP contribution < -0.4 is 5.32 Å². The second kappa shape index (κ2) is 4.17. The number of nitrogens with zero attached hydrogens (tertiary/aromatic N) is 3. The molecule has 1 aromatic heterocycles. The van der Waals surface area contributed by atoms with E-state index < -0.39 is 0 Å². The average Bonchev–Trinajstić information content (AvgIpc) is 2.84. The van der Waals surface area contributed by atoms with Crippen molar-refractivity contribution in [2.75, 3.05) is 7.05 Å². The summed E-state index contributed by atoms with van der Waals surface area (Å²) in [6, 6.07) is 0.661. The molecular formula is C12H20N4. The zero-order chi connectivity index (χ0) is 11.0. The normalized spacial score (nSPS) is 21.8. The third-order valence-electron chi connectivity index (χ3n) is 3.78. The minimum absolute atomic E-state index is 0.661. The van der Waals surface area contributed by atoms with Gasteiger partial charge in [0.15, 0.2) is 0 Å². The molecule has 16 heavy (non-hydrogen) atoms. The van der Waals surface area contributed by atoms with Crippen LogP contribution in [0.15, 0.2) is 0 Å². The van der Waals surface area contributed by atoms with Crippen molar-refractivity contribution in [3.8, 4) is 0 Å².